The van der Waals surface area contributed by atoms with Gasteiger partial charge in [0.2, 0.25) is 0 Å². The van der Waals surface area contributed by atoms with Crippen LogP contribution in [0.3, 0.4) is 0 Å². The number of rotatable bonds is 9. The number of carboxylic acids is 1. The van der Waals surface area contributed by atoms with Gasteiger partial charge >= 0.3 is 5.97 Å². The van der Waals surface area contributed by atoms with Crippen LogP contribution in [-0.4, -0.2) is 35.7 Å². The molecule has 0 saturated heterocycles. The molecule has 0 spiro atoms. The highest BCUT2D eigenvalue weighted by atomic mass is 35.5. The van der Waals surface area contributed by atoms with E-state index in [0.717, 1.165) is 11.1 Å². The zero-order chi connectivity index (χ0) is 23.2. The summed E-state index contributed by atoms with van der Waals surface area (Å²) in [5, 5.41) is 15.7. The molecule has 0 unspecified atom stereocenters. The molecule has 8 heteroatoms. The third-order valence-electron chi connectivity index (χ3n) is 4.24. The number of carboxylic acid groups (broad SMARTS) is 1. The molecule has 0 radical (unpaired) electrons. The first-order valence-electron chi connectivity index (χ1n) is 9.97. The summed E-state index contributed by atoms with van der Waals surface area (Å²) in [6, 6.07) is 8.27. The second-order valence-electron chi connectivity index (χ2n) is 8.10. The zero-order valence-electron chi connectivity index (χ0n) is 18.5. The van der Waals surface area contributed by atoms with E-state index >= 15 is 0 Å². The van der Waals surface area contributed by atoms with Gasteiger partial charge in [-0.3, -0.25) is 4.79 Å². The highest BCUT2D eigenvalue weighted by Gasteiger charge is 2.17. The predicted molar refractivity (Wildman–Crippen MR) is 121 cm³/mol. The number of carbonyl (C=O) groups is 2. The molecule has 2 rings (SSSR count). The van der Waals surface area contributed by atoms with Crippen LogP contribution >= 0.6 is 11.6 Å². The molecule has 3 N–H and O–H groups in total. The fraction of sp³-hybridized carbons (Fsp3) is 0.391. The summed E-state index contributed by atoms with van der Waals surface area (Å²) in [5.41, 5.74) is 2.21. The maximum Gasteiger partial charge on any atom is 0.335 e. The third-order valence-corrected chi connectivity index (χ3v) is 4.59. The lowest BCUT2D eigenvalue weighted by atomic mass is 10.1. The lowest BCUT2D eigenvalue weighted by Gasteiger charge is -2.21. The van der Waals surface area contributed by atoms with Crippen LogP contribution in [0.1, 0.15) is 49.2 Å². The summed E-state index contributed by atoms with van der Waals surface area (Å²) in [4.78, 5) is 23.3. The minimum atomic E-state index is -0.989. The minimum absolute atomic E-state index is 0.160. The number of hydrogen-bond donors (Lipinski definition) is 3. The van der Waals surface area contributed by atoms with Crippen LogP contribution in [0.25, 0.3) is 0 Å². The number of aromatic carboxylic acids is 1. The van der Waals surface area contributed by atoms with Crippen LogP contribution < -0.4 is 20.1 Å². The van der Waals surface area contributed by atoms with E-state index in [2.05, 4.69) is 10.6 Å². The Labute approximate surface area is 187 Å². The number of amides is 1. The van der Waals surface area contributed by atoms with Crippen molar-refractivity contribution < 1.29 is 24.2 Å². The molecule has 31 heavy (non-hydrogen) atoms. The second kappa shape index (κ2) is 10.4. The highest BCUT2D eigenvalue weighted by Crippen LogP contribution is 2.34. The van der Waals surface area contributed by atoms with Gasteiger partial charge in [-0.2, -0.15) is 0 Å². The van der Waals surface area contributed by atoms with Gasteiger partial charge < -0.3 is 25.2 Å². The average Bonchev–Trinajstić information content (AvgIpc) is 2.66. The van der Waals surface area contributed by atoms with Crippen LogP contribution in [0.4, 0.5) is 5.69 Å². The topological polar surface area (TPSA) is 96.9 Å². The highest BCUT2D eigenvalue weighted by molar-refractivity contribution is 6.31. The molecule has 0 aliphatic heterocycles. The SMILES string of the molecule is CCOc1cc(CNc2cc(C(=O)O)ccc2C)c(Cl)cc1OCC(=O)NC(C)(C)C. The summed E-state index contributed by atoms with van der Waals surface area (Å²) in [6.07, 6.45) is 0. The molecular weight excluding hydrogens is 420 g/mol. The molecule has 0 aliphatic rings. The molecule has 2 aromatic rings. The van der Waals surface area contributed by atoms with E-state index in [0.29, 0.717) is 35.4 Å². The average molecular weight is 449 g/mol. The molecule has 0 atom stereocenters. The fourth-order valence-electron chi connectivity index (χ4n) is 2.83. The Kier molecular flexibility index (Phi) is 8.16. The summed E-state index contributed by atoms with van der Waals surface area (Å²) >= 11 is 6.44. The molecule has 168 valence electrons. The first kappa shape index (κ1) is 24.3. The van der Waals surface area contributed by atoms with E-state index in [-0.39, 0.29) is 23.6 Å². The van der Waals surface area contributed by atoms with Crippen molar-refractivity contribution in [3.63, 3.8) is 0 Å². The lowest BCUT2D eigenvalue weighted by Crippen LogP contribution is -2.43. The van der Waals surface area contributed by atoms with Crippen molar-refractivity contribution in [3.05, 3.63) is 52.0 Å². The van der Waals surface area contributed by atoms with Crippen LogP contribution in [0.15, 0.2) is 30.3 Å². The normalized spacial score (nSPS) is 11.0. The largest absolute Gasteiger partial charge is 0.490 e. The Morgan fingerprint density at radius 3 is 2.39 bits per heavy atom. The Morgan fingerprint density at radius 2 is 1.77 bits per heavy atom. The first-order valence-corrected chi connectivity index (χ1v) is 10.3. The quantitative estimate of drug-likeness (QED) is 0.516. The van der Waals surface area contributed by atoms with Gasteiger partial charge in [0, 0.05) is 28.9 Å². The molecule has 1 amide bonds. The number of aryl methyl sites for hydroxylation is 1. The summed E-state index contributed by atoms with van der Waals surface area (Å²) < 4.78 is 11.3. The summed E-state index contributed by atoms with van der Waals surface area (Å²) in [7, 11) is 0. The maximum absolute atomic E-state index is 12.1. The van der Waals surface area contributed by atoms with E-state index in [1.807, 2.05) is 34.6 Å². The molecule has 0 fully saturated rings. The van der Waals surface area contributed by atoms with Gasteiger partial charge in [0.15, 0.2) is 18.1 Å². The monoisotopic (exact) mass is 448 g/mol. The van der Waals surface area contributed by atoms with E-state index in [1.54, 1.807) is 30.3 Å². The van der Waals surface area contributed by atoms with E-state index < -0.39 is 5.97 Å². The summed E-state index contributed by atoms with van der Waals surface area (Å²) in [6.45, 7) is 10.0. The van der Waals surface area contributed by atoms with Gasteiger partial charge in [0.25, 0.3) is 5.91 Å². The van der Waals surface area contributed by atoms with Gasteiger partial charge in [-0.15, -0.1) is 0 Å². The maximum atomic E-state index is 12.1. The zero-order valence-corrected chi connectivity index (χ0v) is 19.2. The Hall–Kier alpha value is -2.93. The Balaban J connectivity index is 2.17. The van der Waals surface area contributed by atoms with Crippen LogP contribution in [0, 0.1) is 6.92 Å². The lowest BCUT2D eigenvalue weighted by molar-refractivity contribution is -0.124. The van der Waals surface area contributed by atoms with Gasteiger partial charge in [0.1, 0.15) is 0 Å². The molecule has 7 nitrogen and oxygen atoms in total. The fourth-order valence-corrected chi connectivity index (χ4v) is 3.05. The number of hydrogen-bond acceptors (Lipinski definition) is 5. The van der Waals surface area contributed by atoms with Crippen molar-refractivity contribution in [2.75, 3.05) is 18.5 Å². The smallest absolute Gasteiger partial charge is 0.335 e. The molecule has 0 saturated carbocycles. The van der Waals surface area contributed by atoms with Crippen LogP contribution in [0.5, 0.6) is 11.5 Å². The first-order chi connectivity index (χ1) is 14.5. The van der Waals surface area contributed by atoms with E-state index in [9.17, 15) is 14.7 Å². The van der Waals surface area contributed by atoms with Crippen molar-refractivity contribution in [2.24, 2.45) is 0 Å². The number of carbonyl (C=O) groups excluding carboxylic acids is 1. The number of anilines is 1. The van der Waals surface area contributed by atoms with Crippen molar-refractivity contribution in [1.29, 1.82) is 0 Å². The van der Waals surface area contributed by atoms with Crippen LogP contribution in [0.2, 0.25) is 5.02 Å². The van der Waals surface area contributed by atoms with Crippen molar-refractivity contribution >= 4 is 29.2 Å². The number of ether oxygens (including phenoxy) is 2. The molecule has 2 aromatic carbocycles. The van der Waals surface area contributed by atoms with Crippen molar-refractivity contribution in [1.82, 2.24) is 5.32 Å². The van der Waals surface area contributed by atoms with Crippen LogP contribution in [-0.2, 0) is 11.3 Å². The standard InChI is InChI=1S/C23H29ClN2O5/c1-6-30-19-10-16(12-25-18-9-15(22(28)29)8-7-14(18)2)17(24)11-20(19)31-13-21(27)26-23(3,4)5/h7-11,25H,6,12-13H2,1-5H3,(H,26,27)(H,28,29). The predicted octanol–water partition coefficient (Wildman–Crippen LogP) is 4.65. The Morgan fingerprint density at radius 1 is 1.10 bits per heavy atom. The van der Waals surface area contributed by atoms with Gasteiger partial charge in [0.05, 0.1) is 12.2 Å². The van der Waals surface area contributed by atoms with Crippen molar-refractivity contribution in [3.8, 4) is 11.5 Å². The van der Waals surface area contributed by atoms with Crippen molar-refractivity contribution in [2.45, 2.75) is 46.7 Å². The Bertz CT molecular complexity index is 954. The second-order valence-corrected chi connectivity index (χ2v) is 8.51. The molecule has 0 aliphatic carbocycles. The van der Waals surface area contributed by atoms with Gasteiger partial charge in [-0.1, -0.05) is 17.7 Å². The number of benzene rings is 2. The minimum Gasteiger partial charge on any atom is -0.490 e. The number of nitrogens with one attached hydrogen (secondary N) is 2. The molecule has 0 heterocycles. The molecule has 0 bridgehead atoms. The van der Waals surface area contributed by atoms with Gasteiger partial charge in [-0.25, -0.2) is 4.79 Å². The van der Waals surface area contributed by atoms with E-state index in [1.165, 1.54) is 0 Å². The molecule has 0 aromatic heterocycles. The molecular formula is C23H29ClN2O5. The third kappa shape index (κ3) is 7.36. The number of halogens is 1. The van der Waals surface area contributed by atoms with E-state index in [4.69, 9.17) is 21.1 Å². The van der Waals surface area contributed by atoms with Gasteiger partial charge in [-0.05, 0) is 63.9 Å². The summed E-state index contributed by atoms with van der Waals surface area (Å²) in [5.74, 6) is -0.380.